The monoisotopic (exact) mass is 433 g/mol. The lowest BCUT2D eigenvalue weighted by atomic mass is 10.1. The van der Waals surface area contributed by atoms with E-state index in [0.717, 1.165) is 16.6 Å². The molecule has 1 saturated heterocycles. The van der Waals surface area contributed by atoms with Crippen LogP contribution in [0.5, 0.6) is 0 Å². The van der Waals surface area contributed by atoms with Crippen LogP contribution in [-0.2, 0) is 10.0 Å². The number of sulfonamides is 1. The van der Waals surface area contributed by atoms with Crippen molar-refractivity contribution in [2.75, 3.05) is 31.1 Å². The fourth-order valence-electron chi connectivity index (χ4n) is 3.57. The molecule has 29 heavy (non-hydrogen) atoms. The second kappa shape index (κ2) is 7.58. The number of nitro groups is 1. The quantitative estimate of drug-likeness (QED) is 0.465. The number of nitro benzene ring substituents is 1. The summed E-state index contributed by atoms with van der Waals surface area (Å²) in [5.41, 5.74) is 1.47. The van der Waals surface area contributed by atoms with Gasteiger partial charge in [-0.1, -0.05) is 23.7 Å². The summed E-state index contributed by atoms with van der Waals surface area (Å²) in [4.78, 5) is 15.6. The Hall–Kier alpha value is -2.75. The predicted octanol–water partition coefficient (Wildman–Crippen LogP) is 2.73. The molecular weight excluding hydrogens is 416 g/mol. The maximum absolute atomic E-state index is 13.0. The Morgan fingerprint density at radius 1 is 1.03 bits per heavy atom. The van der Waals surface area contributed by atoms with Gasteiger partial charge in [-0.3, -0.25) is 10.1 Å². The van der Waals surface area contributed by atoms with Crippen LogP contribution >= 0.6 is 11.6 Å². The second-order valence-corrected chi connectivity index (χ2v) is 9.01. The van der Waals surface area contributed by atoms with E-state index in [9.17, 15) is 18.5 Å². The highest BCUT2D eigenvalue weighted by atomic mass is 35.5. The fraction of sp³-hybridized carbons (Fsp3) is 0.211. The van der Waals surface area contributed by atoms with Crippen molar-refractivity contribution >= 4 is 43.9 Å². The van der Waals surface area contributed by atoms with E-state index in [0.29, 0.717) is 18.1 Å². The van der Waals surface area contributed by atoms with Crippen molar-refractivity contribution in [3.63, 3.8) is 0 Å². The summed E-state index contributed by atoms with van der Waals surface area (Å²) in [6.45, 7) is 1.42. The molecule has 3 aromatic rings. The Morgan fingerprint density at radius 3 is 2.48 bits per heavy atom. The molecule has 1 N–H and O–H groups in total. The maximum atomic E-state index is 13.0. The Labute approximate surface area is 172 Å². The summed E-state index contributed by atoms with van der Waals surface area (Å²) >= 11 is 6.06. The molecule has 1 aliphatic rings. The Kier molecular flexibility index (Phi) is 5.12. The predicted molar refractivity (Wildman–Crippen MR) is 110 cm³/mol. The largest absolute Gasteiger partial charge is 0.368 e. The number of hydrogen-bond donors (Lipinski definition) is 0. The van der Waals surface area contributed by atoms with Crippen molar-refractivity contribution in [3.8, 4) is 0 Å². The highest BCUT2D eigenvalue weighted by molar-refractivity contribution is 7.89. The van der Waals surface area contributed by atoms with E-state index in [1.165, 1.54) is 28.6 Å². The molecule has 0 bridgehead atoms. The third kappa shape index (κ3) is 3.64. The zero-order chi connectivity index (χ0) is 20.6. The van der Waals surface area contributed by atoms with Crippen LogP contribution in [0.15, 0.2) is 59.6 Å². The van der Waals surface area contributed by atoms with Crippen molar-refractivity contribution in [2.45, 2.75) is 4.90 Å². The highest BCUT2D eigenvalue weighted by Crippen LogP contribution is 2.30. The maximum Gasteiger partial charge on any atom is 0.289 e. The van der Waals surface area contributed by atoms with Crippen LogP contribution in [0.2, 0.25) is 5.02 Å². The van der Waals surface area contributed by atoms with E-state index >= 15 is 0 Å². The second-order valence-electron chi connectivity index (χ2n) is 6.67. The molecule has 0 spiro atoms. The van der Waals surface area contributed by atoms with Gasteiger partial charge in [0.05, 0.1) is 16.0 Å². The Morgan fingerprint density at radius 2 is 1.76 bits per heavy atom. The minimum Gasteiger partial charge on any atom is -0.368 e. The fourth-order valence-corrected chi connectivity index (χ4v) is 5.32. The normalized spacial score (nSPS) is 15.6. The molecule has 1 aromatic heterocycles. The third-order valence-corrected chi connectivity index (χ3v) is 7.18. The van der Waals surface area contributed by atoms with Crippen molar-refractivity contribution in [1.82, 2.24) is 4.31 Å². The van der Waals surface area contributed by atoms with E-state index in [4.69, 9.17) is 11.6 Å². The summed E-state index contributed by atoms with van der Waals surface area (Å²) in [6.07, 6.45) is 1.82. The Balaban J connectivity index is 1.58. The zero-order valence-electron chi connectivity index (χ0n) is 15.3. The number of halogens is 1. The van der Waals surface area contributed by atoms with Crippen molar-refractivity contribution in [2.24, 2.45) is 0 Å². The van der Waals surface area contributed by atoms with Gasteiger partial charge in [-0.05, 0) is 18.2 Å². The van der Waals surface area contributed by atoms with Gasteiger partial charge in [-0.25, -0.2) is 13.4 Å². The van der Waals surface area contributed by atoms with Gasteiger partial charge in [-0.15, -0.1) is 0 Å². The van der Waals surface area contributed by atoms with E-state index in [2.05, 4.69) is 9.88 Å². The van der Waals surface area contributed by atoms with Gasteiger partial charge in [0.25, 0.3) is 5.69 Å². The van der Waals surface area contributed by atoms with E-state index in [1.807, 2.05) is 30.5 Å². The van der Waals surface area contributed by atoms with Crippen molar-refractivity contribution < 1.29 is 18.3 Å². The molecule has 0 saturated carbocycles. The lowest BCUT2D eigenvalue weighted by Gasteiger charge is -2.35. The summed E-state index contributed by atoms with van der Waals surface area (Å²) in [6, 6.07) is 13.0. The van der Waals surface area contributed by atoms with Crippen LogP contribution in [0.4, 0.5) is 11.4 Å². The molecule has 1 fully saturated rings. The first kappa shape index (κ1) is 19.6. The van der Waals surface area contributed by atoms with E-state index in [-0.39, 0.29) is 18.0 Å². The number of aromatic nitrogens is 1. The molecule has 1 aliphatic heterocycles. The van der Waals surface area contributed by atoms with Gasteiger partial charge in [0.1, 0.15) is 0 Å². The average molecular weight is 434 g/mol. The molecule has 0 unspecified atom stereocenters. The summed E-state index contributed by atoms with van der Waals surface area (Å²) < 4.78 is 27.3. The van der Waals surface area contributed by atoms with Crippen LogP contribution in [0.25, 0.3) is 10.9 Å². The summed E-state index contributed by atoms with van der Waals surface area (Å²) in [5.74, 6) is 0. The topological polar surface area (TPSA) is 97.9 Å². The molecule has 4 rings (SSSR count). The number of piperazine rings is 1. The van der Waals surface area contributed by atoms with Gasteiger partial charge in [0.15, 0.2) is 11.1 Å². The van der Waals surface area contributed by atoms with Gasteiger partial charge in [-0.2, -0.15) is 4.31 Å². The molecule has 0 aliphatic carbocycles. The van der Waals surface area contributed by atoms with Crippen LogP contribution < -0.4 is 9.88 Å². The number of H-pyrrole nitrogens is 1. The summed E-state index contributed by atoms with van der Waals surface area (Å²) in [7, 11) is -3.95. The first-order chi connectivity index (χ1) is 13.9. The first-order valence-corrected chi connectivity index (χ1v) is 10.8. The number of para-hydroxylation sites is 1. The van der Waals surface area contributed by atoms with Gasteiger partial charge < -0.3 is 4.90 Å². The number of anilines is 1. The lowest BCUT2D eigenvalue weighted by Crippen LogP contribution is -2.48. The first-order valence-electron chi connectivity index (χ1n) is 8.96. The van der Waals surface area contributed by atoms with Crippen LogP contribution in [0, 0.1) is 10.1 Å². The molecule has 0 radical (unpaired) electrons. The molecule has 150 valence electrons. The minimum absolute atomic E-state index is 0.238. The van der Waals surface area contributed by atoms with Crippen LogP contribution in [-0.4, -0.2) is 43.8 Å². The molecule has 0 atom stereocenters. The lowest BCUT2D eigenvalue weighted by molar-refractivity contribution is -0.387. The summed E-state index contributed by atoms with van der Waals surface area (Å²) in [5, 5.41) is 12.9. The molecule has 0 amide bonds. The number of nitrogens with zero attached hydrogens (tertiary/aromatic N) is 3. The number of pyridine rings is 1. The van der Waals surface area contributed by atoms with Crippen molar-refractivity contribution in [1.29, 1.82) is 0 Å². The average Bonchev–Trinajstić information content (AvgIpc) is 2.73. The zero-order valence-corrected chi connectivity index (χ0v) is 16.9. The van der Waals surface area contributed by atoms with Crippen LogP contribution in [0.1, 0.15) is 0 Å². The third-order valence-electron chi connectivity index (χ3n) is 5.00. The van der Waals surface area contributed by atoms with Gasteiger partial charge in [0.2, 0.25) is 15.5 Å². The number of fused-ring (bicyclic) bond motifs is 1. The number of aromatic amines is 1. The van der Waals surface area contributed by atoms with Gasteiger partial charge in [0, 0.05) is 49.4 Å². The highest BCUT2D eigenvalue weighted by Gasteiger charge is 2.33. The standard InChI is InChI=1S/C19H17ClN4O4S/c20-14-5-6-15-16(13-14)21-8-7-17(15)22-9-11-23(12-10-22)29(27,28)19-4-2-1-3-18(19)24(25)26/h1-8,13H,9-12H2/p+1. The molecular formula is C19H18ClN4O4S+. The van der Waals surface area contributed by atoms with Crippen molar-refractivity contribution in [3.05, 3.63) is 69.9 Å². The smallest absolute Gasteiger partial charge is 0.289 e. The molecule has 10 heteroatoms. The number of rotatable bonds is 4. The van der Waals surface area contributed by atoms with Crippen LogP contribution in [0.3, 0.4) is 0 Å². The molecule has 2 aromatic carbocycles. The van der Waals surface area contributed by atoms with E-state index < -0.39 is 20.6 Å². The van der Waals surface area contributed by atoms with E-state index in [1.54, 1.807) is 0 Å². The number of benzene rings is 2. The Bertz CT molecular complexity index is 1190. The van der Waals surface area contributed by atoms with Gasteiger partial charge >= 0.3 is 0 Å². The molecule has 2 heterocycles. The molecule has 8 nitrogen and oxygen atoms in total. The number of hydrogen-bond acceptors (Lipinski definition) is 5. The number of nitrogens with one attached hydrogen (secondary N) is 1. The minimum atomic E-state index is -3.95. The SMILES string of the molecule is O=[N+]([O-])c1ccccc1S(=O)(=O)N1CCN(c2cc[nH+]c3cc(Cl)ccc23)CC1.